The number of rotatable bonds is 9. The van der Waals surface area contributed by atoms with Gasteiger partial charge in [0.05, 0.1) is 5.75 Å². The molecule has 196 valence electrons. The van der Waals surface area contributed by atoms with Crippen LogP contribution in [0.5, 0.6) is 0 Å². The van der Waals surface area contributed by atoms with E-state index in [4.69, 9.17) is 23.2 Å². The number of thioether (sulfide) groups is 1. The SMILES string of the molecule is O=C(CSc1ccc(NC(=O)/C(=C/c2ccc(Cl)cc2)NC(=O)c2ccccc2)cc1)Nc1ccc(Cl)cc1. The molecule has 0 unspecified atom stereocenters. The monoisotopic (exact) mass is 575 g/mol. The molecule has 0 saturated heterocycles. The Morgan fingerprint density at radius 1 is 0.692 bits per heavy atom. The molecule has 4 aromatic carbocycles. The predicted molar refractivity (Wildman–Crippen MR) is 159 cm³/mol. The summed E-state index contributed by atoms with van der Waals surface area (Å²) < 4.78 is 0. The molecule has 0 radical (unpaired) electrons. The van der Waals surface area contributed by atoms with E-state index in [0.717, 1.165) is 4.90 Å². The molecule has 39 heavy (non-hydrogen) atoms. The number of anilines is 2. The van der Waals surface area contributed by atoms with Crippen LogP contribution in [-0.2, 0) is 9.59 Å². The zero-order valence-corrected chi connectivity index (χ0v) is 22.8. The summed E-state index contributed by atoms with van der Waals surface area (Å²) >= 11 is 13.2. The zero-order valence-electron chi connectivity index (χ0n) is 20.5. The van der Waals surface area contributed by atoms with Gasteiger partial charge in [0, 0.05) is 31.9 Å². The molecule has 4 rings (SSSR count). The first-order valence-electron chi connectivity index (χ1n) is 11.8. The lowest BCUT2D eigenvalue weighted by Gasteiger charge is -2.12. The van der Waals surface area contributed by atoms with Gasteiger partial charge in [-0.05, 0) is 84.4 Å². The minimum Gasteiger partial charge on any atom is -0.325 e. The molecule has 0 aromatic heterocycles. The fourth-order valence-electron chi connectivity index (χ4n) is 3.38. The highest BCUT2D eigenvalue weighted by Gasteiger charge is 2.15. The number of halogens is 2. The Kier molecular flexibility index (Phi) is 9.80. The first kappa shape index (κ1) is 28.0. The van der Waals surface area contributed by atoms with Gasteiger partial charge in [0.2, 0.25) is 5.91 Å². The topological polar surface area (TPSA) is 87.3 Å². The van der Waals surface area contributed by atoms with Gasteiger partial charge in [-0.1, -0.05) is 53.5 Å². The average molecular weight is 577 g/mol. The largest absolute Gasteiger partial charge is 0.325 e. The standard InChI is InChI=1S/C30H23Cl2N3O3S/c31-22-8-6-20(7-9-22)18-27(35-29(37)21-4-2-1-3-5-21)30(38)34-25-14-16-26(17-15-25)39-19-28(36)33-24-12-10-23(32)11-13-24/h1-18H,19H2,(H,33,36)(H,34,38)(H,35,37)/b27-18-. The maximum absolute atomic E-state index is 13.2. The molecule has 0 atom stereocenters. The third-order valence-electron chi connectivity index (χ3n) is 5.32. The number of hydrogen-bond donors (Lipinski definition) is 3. The van der Waals surface area contributed by atoms with Gasteiger partial charge in [-0.15, -0.1) is 11.8 Å². The molecule has 0 fully saturated rings. The average Bonchev–Trinajstić information content (AvgIpc) is 2.95. The summed E-state index contributed by atoms with van der Waals surface area (Å²) in [6, 6.07) is 29.5. The first-order valence-corrected chi connectivity index (χ1v) is 13.5. The normalized spacial score (nSPS) is 11.0. The Morgan fingerprint density at radius 3 is 1.90 bits per heavy atom. The molecule has 0 spiro atoms. The van der Waals surface area contributed by atoms with Crippen LogP contribution in [0, 0.1) is 0 Å². The summed E-state index contributed by atoms with van der Waals surface area (Å²) in [5.41, 5.74) is 2.40. The van der Waals surface area contributed by atoms with Crippen molar-refractivity contribution < 1.29 is 14.4 Å². The molecule has 3 N–H and O–H groups in total. The lowest BCUT2D eigenvalue weighted by Crippen LogP contribution is -2.30. The second-order valence-corrected chi connectivity index (χ2v) is 10.2. The highest BCUT2D eigenvalue weighted by Crippen LogP contribution is 2.22. The van der Waals surface area contributed by atoms with Gasteiger partial charge in [-0.2, -0.15) is 0 Å². The van der Waals surface area contributed by atoms with Gasteiger partial charge in [-0.25, -0.2) is 0 Å². The lowest BCUT2D eigenvalue weighted by molar-refractivity contribution is -0.114. The maximum Gasteiger partial charge on any atom is 0.272 e. The van der Waals surface area contributed by atoms with E-state index < -0.39 is 11.8 Å². The van der Waals surface area contributed by atoms with Crippen LogP contribution in [0.2, 0.25) is 10.0 Å². The first-order chi connectivity index (χ1) is 18.9. The van der Waals surface area contributed by atoms with Crippen molar-refractivity contribution in [2.45, 2.75) is 4.90 Å². The molecule has 0 aliphatic heterocycles. The third kappa shape index (κ3) is 8.75. The van der Waals surface area contributed by atoms with Crippen LogP contribution in [-0.4, -0.2) is 23.5 Å². The number of carbonyl (C=O) groups excluding carboxylic acids is 3. The molecule has 0 saturated carbocycles. The minimum atomic E-state index is -0.489. The maximum atomic E-state index is 13.2. The summed E-state index contributed by atoms with van der Waals surface area (Å²) in [6.07, 6.45) is 1.58. The smallest absolute Gasteiger partial charge is 0.272 e. The molecule has 9 heteroatoms. The van der Waals surface area contributed by atoms with Crippen molar-refractivity contribution in [3.05, 3.63) is 130 Å². The summed E-state index contributed by atoms with van der Waals surface area (Å²) in [5, 5.41) is 9.49. The number of benzene rings is 4. The summed E-state index contributed by atoms with van der Waals surface area (Å²) in [6.45, 7) is 0. The Hall–Kier alpha value is -4.04. The van der Waals surface area contributed by atoms with Crippen molar-refractivity contribution in [2.24, 2.45) is 0 Å². The van der Waals surface area contributed by atoms with Crippen LogP contribution in [0.15, 0.2) is 114 Å². The summed E-state index contributed by atoms with van der Waals surface area (Å²) in [4.78, 5) is 39.0. The number of amides is 3. The zero-order chi connectivity index (χ0) is 27.6. The number of nitrogens with one attached hydrogen (secondary N) is 3. The van der Waals surface area contributed by atoms with Crippen molar-refractivity contribution in [2.75, 3.05) is 16.4 Å². The molecular weight excluding hydrogens is 553 g/mol. The Labute approximate surface area is 240 Å². The van der Waals surface area contributed by atoms with E-state index in [2.05, 4.69) is 16.0 Å². The van der Waals surface area contributed by atoms with Gasteiger partial charge in [0.1, 0.15) is 5.70 Å². The van der Waals surface area contributed by atoms with Crippen LogP contribution in [0.4, 0.5) is 11.4 Å². The molecule has 4 aromatic rings. The highest BCUT2D eigenvalue weighted by atomic mass is 35.5. The second-order valence-electron chi connectivity index (χ2n) is 8.25. The Morgan fingerprint density at radius 2 is 1.26 bits per heavy atom. The van der Waals surface area contributed by atoms with E-state index in [9.17, 15) is 14.4 Å². The van der Waals surface area contributed by atoms with Gasteiger partial charge in [-0.3, -0.25) is 14.4 Å². The minimum absolute atomic E-state index is 0.0727. The molecule has 3 amide bonds. The van der Waals surface area contributed by atoms with Crippen molar-refractivity contribution in [3.8, 4) is 0 Å². The van der Waals surface area contributed by atoms with Crippen LogP contribution in [0.3, 0.4) is 0 Å². The van der Waals surface area contributed by atoms with E-state index in [0.29, 0.717) is 32.5 Å². The van der Waals surface area contributed by atoms with Crippen LogP contribution < -0.4 is 16.0 Å². The predicted octanol–water partition coefficient (Wildman–Crippen LogP) is 7.13. The second kappa shape index (κ2) is 13.7. The molecule has 0 heterocycles. The van der Waals surface area contributed by atoms with Gasteiger partial charge in [0.15, 0.2) is 0 Å². The van der Waals surface area contributed by atoms with Crippen molar-refractivity contribution in [1.82, 2.24) is 5.32 Å². The fourth-order valence-corrected chi connectivity index (χ4v) is 4.33. The number of hydrogen-bond acceptors (Lipinski definition) is 4. The van der Waals surface area contributed by atoms with E-state index in [-0.39, 0.29) is 17.4 Å². The van der Waals surface area contributed by atoms with Gasteiger partial charge in [0.25, 0.3) is 11.8 Å². The molecule has 0 aliphatic rings. The van der Waals surface area contributed by atoms with Crippen LogP contribution >= 0.6 is 35.0 Å². The lowest BCUT2D eigenvalue weighted by atomic mass is 10.1. The highest BCUT2D eigenvalue weighted by molar-refractivity contribution is 8.00. The van der Waals surface area contributed by atoms with Crippen molar-refractivity contribution >= 4 is 70.1 Å². The van der Waals surface area contributed by atoms with Gasteiger partial charge < -0.3 is 16.0 Å². The Bertz CT molecular complexity index is 1480. The number of carbonyl (C=O) groups is 3. The summed E-state index contributed by atoms with van der Waals surface area (Å²) in [7, 11) is 0. The van der Waals surface area contributed by atoms with Gasteiger partial charge >= 0.3 is 0 Å². The van der Waals surface area contributed by atoms with Crippen LogP contribution in [0.25, 0.3) is 6.08 Å². The van der Waals surface area contributed by atoms with E-state index in [1.165, 1.54) is 11.8 Å². The van der Waals surface area contributed by atoms with Crippen molar-refractivity contribution in [1.29, 1.82) is 0 Å². The van der Waals surface area contributed by atoms with Crippen molar-refractivity contribution in [3.63, 3.8) is 0 Å². The Balaban J connectivity index is 1.39. The van der Waals surface area contributed by atoms with E-state index in [1.54, 1.807) is 103 Å². The van der Waals surface area contributed by atoms with E-state index >= 15 is 0 Å². The molecule has 0 aliphatic carbocycles. The summed E-state index contributed by atoms with van der Waals surface area (Å²) in [5.74, 6) is -0.828. The molecule has 0 bridgehead atoms. The molecule has 6 nitrogen and oxygen atoms in total. The van der Waals surface area contributed by atoms with E-state index in [1.807, 2.05) is 6.07 Å². The quantitative estimate of drug-likeness (QED) is 0.146. The third-order valence-corrected chi connectivity index (χ3v) is 6.84. The van der Waals surface area contributed by atoms with Crippen LogP contribution in [0.1, 0.15) is 15.9 Å². The molecular formula is C30H23Cl2N3O3S. The fraction of sp³-hybridized carbons (Fsp3) is 0.0333.